The molecule has 0 aromatic carbocycles. The molecule has 5 rings (SSSR count). The van der Waals surface area contributed by atoms with Crippen molar-refractivity contribution < 1.29 is 0 Å². The third kappa shape index (κ3) is 10.2. The largest absolute Gasteiger partial charge is 0.356 e. The van der Waals surface area contributed by atoms with Gasteiger partial charge >= 0.3 is 0 Å². The van der Waals surface area contributed by atoms with Gasteiger partial charge in [-0.15, -0.1) is 0 Å². The van der Waals surface area contributed by atoms with Crippen LogP contribution in [0.3, 0.4) is 0 Å². The molecule has 2 saturated heterocycles. The van der Waals surface area contributed by atoms with E-state index in [0.717, 1.165) is 89.0 Å². The van der Waals surface area contributed by atoms with E-state index in [1.807, 2.05) is 12.4 Å². The van der Waals surface area contributed by atoms with E-state index in [0.29, 0.717) is 6.04 Å². The van der Waals surface area contributed by atoms with Crippen molar-refractivity contribution in [3.8, 4) is 0 Å². The van der Waals surface area contributed by atoms with E-state index in [-0.39, 0.29) is 0 Å². The molecule has 0 unspecified atom stereocenters. The molecule has 3 aliphatic rings. The molecular formula is C32H54N10. The number of nitrogens with zero attached hydrogens (tertiary/aromatic N) is 7. The van der Waals surface area contributed by atoms with Gasteiger partial charge in [0.15, 0.2) is 0 Å². The van der Waals surface area contributed by atoms with Gasteiger partial charge in [-0.2, -0.15) is 9.97 Å². The fourth-order valence-electron chi connectivity index (χ4n) is 6.54. The van der Waals surface area contributed by atoms with Crippen LogP contribution in [0.25, 0.3) is 0 Å². The number of aromatic nitrogens is 4. The molecule has 0 atom stereocenters. The Bertz CT molecular complexity index is 944. The van der Waals surface area contributed by atoms with Crippen molar-refractivity contribution >= 4 is 23.5 Å². The Kier molecular flexibility index (Phi) is 12.7. The van der Waals surface area contributed by atoms with Gasteiger partial charge in [0.2, 0.25) is 11.9 Å². The molecule has 0 radical (unpaired) electrons. The molecular weight excluding hydrogens is 524 g/mol. The third-order valence-corrected chi connectivity index (χ3v) is 9.03. The van der Waals surface area contributed by atoms with Crippen LogP contribution in [0.2, 0.25) is 0 Å². The second kappa shape index (κ2) is 17.4. The van der Waals surface area contributed by atoms with E-state index < -0.39 is 0 Å². The summed E-state index contributed by atoms with van der Waals surface area (Å²) in [5.41, 5.74) is 0. The van der Waals surface area contributed by atoms with Gasteiger partial charge in [0.25, 0.3) is 0 Å². The highest BCUT2D eigenvalue weighted by Gasteiger charge is 2.15. The van der Waals surface area contributed by atoms with Crippen LogP contribution in [-0.4, -0.2) is 96.3 Å². The number of hydrogen-bond acceptors (Lipinski definition) is 10. The lowest BCUT2D eigenvalue weighted by Gasteiger charge is -2.27. The van der Waals surface area contributed by atoms with Crippen LogP contribution in [0.5, 0.6) is 0 Å². The summed E-state index contributed by atoms with van der Waals surface area (Å²) in [6.07, 6.45) is 20.8. The van der Waals surface area contributed by atoms with Gasteiger partial charge in [-0.05, 0) is 50.7 Å². The third-order valence-electron chi connectivity index (χ3n) is 9.03. The molecule has 232 valence electrons. The highest BCUT2D eigenvalue weighted by atomic mass is 15.3. The first-order valence-corrected chi connectivity index (χ1v) is 16.9. The first-order chi connectivity index (χ1) is 20.8. The Labute approximate surface area is 253 Å². The summed E-state index contributed by atoms with van der Waals surface area (Å²) >= 11 is 0. The van der Waals surface area contributed by atoms with Crippen LogP contribution in [0.1, 0.15) is 83.5 Å². The second-order valence-corrected chi connectivity index (χ2v) is 12.3. The summed E-state index contributed by atoms with van der Waals surface area (Å²) in [4.78, 5) is 26.1. The summed E-state index contributed by atoms with van der Waals surface area (Å²) in [5.74, 6) is 3.56. The maximum atomic E-state index is 4.85. The van der Waals surface area contributed by atoms with Gasteiger partial charge in [0, 0.05) is 83.9 Å². The maximum absolute atomic E-state index is 4.85. The second-order valence-electron chi connectivity index (χ2n) is 12.3. The predicted octanol–water partition coefficient (Wildman–Crippen LogP) is 4.78. The average molecular weight is 579 g/mol. The first kappa shape index (κ1) is 30.7. The zero-order chi connectivity index (χ0) is 28.7. The lowest BCUT2D eigenvalue weighted by Crippen LogP contribution is -2.41. The summed E-state index contributed by atoms with van der Waals surface area (Å²) in [7, 11) is 0. The van der Waals surface area contributed by atoms with Crippen LogP contribution in [-0.2, 0) is 0 Å². The lowest BCUT2D eigenvalue weighted by atomic mass is 9.95. The summed E-state index contributed by atoms with van der Waals surface area (Å²) in [6, 6.07) is 4.78. The molecule has 1 saturated carbocycles. The molecule has 0 spiro atoms. The van der Waals surface area contributed by atoms with Crippen LogP contribution < -0.4 is 25.8 Å². The summed E-state index contributed by atoms with van der Waals surface area (Å²) in [5, 5.41) is 10.8. The SMILES string of the molecule is c1cc(N2CCCCCC2)nc(NCCN(CCNc2nccc(N3CCCCCC3)n2)CCNC2CCCCC2)n1. The molecule has 0 amide bonds. The van der Waals surface area contributed by atoms with Gasteiger partial charge in [-0.1, -0.05) is 44.9 Å². The van der Waals surface area contributed by atoms with Crippen LogP contribution >= 0.6 is 0 Å². The summed E-state index contributed by atoms with van der Waals surface area (Å²) in [6.45, 7) is 9.90. The Morgan fingerprint density at radius 3 is 1.55 bits per heavy atom. The van der Waals surface area contributed by atoms with Crippen molar-refractivity contribution in [1.82, 2.24) is 30.2 Å². The molecule has 2 aromatic rings. The number of anilines is 4. The van der Waals surface area contributed by atoms with E-state index in [1.54, 1.807) is 0 Å². The van der Waals surface area contributed by atoms with Crippen molar-refractivity contribution in [3.63, 3.8) is 0 Å². The van der Waals surface area contributed by atoms with Gasteiger partial charge < -0.3 is 25.8 Å². The Morgan fingerprint density at radius 1 is 0.595 bits per heavy atom. The normalized spacial score (nSPS) is 19.0. The van der Waals surface area contributed by atoms with E-state index >= 15 is 0 Å². The molecule has 4 heterocycles. The van der Waals surface area contributed by atoms with Gasteiger partial charge in [-0.3, -0.25) is 4.90 Å². The molecule has 1 aliphatic carbocycles. The van der Waals surface area contributed by atoms with Gasteiger partial charge in [0.05, 0.1) is 0 Å². The predicted molar refractivity (Wildman–Crippen MR) is 174 cm³/mol. The van der Waals surface area contributed by atoms with E-state index in [1.165, 1.54) is 83.5 Å². The zero-order valence-corrected chi connectivity index (χ0v) is 25.8. The van der Waals surface area contributed by atoms with Crippen LogP contribution in [0.15, 0.2) is 24.5 Å². The topological polar surface area (TPSA) is 97.4 Å². The molecule has 10 nitrogen and oxygen atoms in total. The van der Waals surface area contributed by atoms with Gasteiger partial charge in [-0.25, -0.2) is 9.97 Å². The monoisotopic (exact) mass is 578 g/mol. The quantitative estimate of drug-likeness (QED) is 0.291. The molecule has 2 aliphatic heterocycles. The maximum Gasteiger partial charge on any atom is 0.224 e. The minimum atomic E-state index is 0.683. The number of hydrogen-bond donors (Lipinski definition) is 3. The number of rotatable bonds is 14. The van der Waals surface area contributed by atoms with E-state index in [2.05, 4.69) is 52.8 Å². The first-order valence-electron chi connectivity index (χ1n) is 16.9. The lowest BCUT2D eigenvalue weighted by molar-refractivity contribution is 0.278. The van der Waals surface area contributed by atoms with Gasteiger partial charge in [0.1, 0.15) is 11.6 Å². The number of nitrogens with one attached hydrogen (secondary N) is 3. The van der Waals surface area contributed by atoms with E-state index in [9.17, 15) is 0 Å². The Morgan fingerprint density at radius 2 is 1.05 bits per heavy atom. The minimum absolute atomic E-state index is 0.683. The minimum Gasteiger partial charge on any atom is -0.356 e. The van der Waals surface area contributed by atoms with Crippen molar-refractivity contribution in [2.24, 2.45) is 0 Å². The summed E-state index contributed by atoms with van der Waals surface area (Å²) < 4.78 is 0. The van der Waals surface area contributed by atoms with Crippen LogP contribution in [0.4, 0.5) is 23.5 Å². The molecule has 3 N–H and O–H groups in total. The zero-order valence-electron chi connectivity index (χ0n) is 25.8. The standard InChI is InChI=1S/C32H54N10/c1-2-9-22-41(21-8-1)29-14-16-34-31(38-29)36-19-26-40(25-18-33-28-12-6-5-7-13-28)27-20-37-32-35-17-15-30(39-32)42-23-10-3-4-11-24-42/h14-17,28,33H,1-13,18-27H2,(H,34,36,38)(H,35,37,39). The smallest absolute Gasteiger partial charge is 0.224 e. The molecule has 3 fully saturated rings. The Balaban J connectivity index is 1.11. The molecule has 2 aromatic heterocycles. The highest BCUT2D eigenvalue weighted by molar-refractivity contribution is 5.43. The van der Waals surface area contributed by atoms with Crippen molar-refractivity contribution in [3.05, 3.63) is 24.5 Å². The average Bonchev–Trinajstić information content (AvgIpc) is 3.48. The van der Waals surface area contributed by atoms with Crippen molar-refractivity contribution in [2.45, 2.75) is 89.5 Å². The van der Waals surface area contributed by atoms with Crippen molar-refractivity contribution in [2.75, 3.05) is 85.9 Å². The fourth-order valence-corrected chi connectivity index (χ4v) is 6.54. The molecule has 42 heavy (non-hydrogen) atoms. The highest BCUT2D eigenvalue weighted by Crippen LogP contribution is 2.20. The van der Waals surface area contributed by atoms with Crippen molar-refractivity contribution in [1.29, 1.82) is 0 Å². The fraction of sp³-hybridized carbons (Fsp3) is 0.750. The molecule has 0 bridgehead atoms. The Hall–Kier alpha value is -2.72. The van der Waals surface area contributed by atoms with Crippen LogP contribution in [0, 0.1) is 0 Å². The molecule has 10 heteroatoms. The van der Waals surface area contributed by atoms with E-state index in [4.69, 9.17) is 9.97 Å².